The standard InChI is InChI=1S/C13H17N3O/c1-9-4-5-12-11(7-9)13(16-15-12)17-10-3-2-6-14-8-10/h4-5,7,10,14H,2-3,6,8H2,1H3,(H,15,16). The third-order valence-corrected chi connectivity index (χ3v) is 3.21. The van der Waals surface area contributed by atoms with Gasteiger partial charge in [-0.25, -0.2) is 0 Å². The zero-order valence-electron chi connectivity index (χ0n) is 9.99. The van der Waals surface area contributed by atoms with Gasteiger partial charge in [0.1, 0.15) is 6.10 Å². The van der Waals surface area contributed by atoms with Crippen molar-refractivity contribution < 1.29 is 4.74 Å². The van der Waals surface area contributed by atoms with Crippen molar-refractivity contribution in [1.82, 2.24) is 15.5 Å². The Labute approximate surface area is 100 Å². The van der Waals surface area contributed by atoms with E-state index in [2.05, 4.69) is 34.6 Å². The predicted octanol–water partition coefficient (Wildman–Crippen LogP) is 2.00. The van der Waals surface area contributed by atoms with Gasteiger partial charge in [0.2, 0.25) is 5.88 Å². The van der Waals surface area contributed by atoms with Crippen molar-refractivity contribution >= 4 is 10.9 Å². The molecule has 1 atom stereocenters. The molecule has 17 heavy (non-hydrogen) atoms. The molecule has 1 aromatic carbocycles. The molecular formula is C13H17N3O. The summed E-state index contributed by atoms with van der Waals surface area (Å²) in [6.45, 7) is 4.10. The van der Waals surface area contributed by atoms with Crippen LogP contribution in [0.4, 0.5) is 0 Å². The largest absolute Gasteiger partial charge is 0.472 e. The van der Waals surface area contributed by atoms with E-state index in [1.807, 2.05) is 6.07 Å². The fourth-order valence-corrected chi connectivity index (χ4v) is 2.27. The van der Waals surface area contributed by atoms with Crippen LogP contribution in [0.15, 0.2) is 18.2 Å². The molecular weight excluding hydrogens is 214 g/mol. The van der Waals surface area contributed by atoms with Crippen LogP contribution in [0, 0.1) is 6.92 Å². The van der Waals surface area contributed by atoms with E-state index >= 15 is 0 Å². The first kappa shape index (κ1) is 10.6. The summed E-state index contributed by atoms with van der Waals surface area (Å²) in [6, 6.07) is 6.24. The first-order valence-electron chi connectivity index (χ1n) is 6.15. The second-order valence-electron chi connectivity index (χ2n) is 4.66. The van der Waals surface area contributed by atoms with Crippen molar-refractivity contribution in [3.8, 4) is 5.88 Å². The Bertz CT molecular complexity index is 514. The van der Waals surface area contributed by atoms with Crippen LogP contribution in [-0.2, 0) is 0 Å². The topological polar surface area (TPSA) is 49.9 Å². The minimum atomic E-state index is 0.246. The molecule has 2 heterocycles. The minimum Gasteiger partial charge on any atom is -0.472 e. The summed E-state index contributed by atoms with van der Waals surface area (Å²) in [7, 11) is 0. The third-order valence-electron chi connectivity index (χ3n) is 3.21. The van der Waals surface area contributed by atoms with Gasteiger partial charge in [0.15, 0.2) is 0 Å². The van der Waals surface area contributed by atoms with Gasteiger partial charge in [-0.2, -0.15) is 0 Å². The van der Waals surface area contributed by atoms with Gasteiger partial charge in [-0.1, -0.05) is 11.6 Å². The number of hydrogen-bond acceptors (Lipinski definition) is 3. The molecule has 90 valence electrons. The van der Waals surface area contributed by atoms with Crippen LogP contribution in [0.2, 0.25) is 0 Å². The number of aryl methyl sites for hydroxylation is 1. The molecule has 0 spiro atoms. The molecule has 1 saturated heterocycles. The molecule has 0 saturated carbocycles. The highest BCUT2D eigenvalue weighted by Gasteiger charge is 2.17. The van der Waals surface area contributed by atoms with Gasteiger partial charge >= 0.3 is 0 Å². The zero-order chi connectivity index (χ0) is 11.7. The summed E-state index contributed by atoms with van der Waals surface area (Å²) in [5, 5.41) is 11.7. The minimum absolute atomic E-state index is 0.246. The SMILES string of the molecule is Cc1ccc2[nH]nc(OC3CCCNC3)c2c1. The Hall–Kier alpha value is -1.55. The van der Waals surface area contributed by atoms with Crippen LogP contribution in [0.5, 0.6) is 5.88 Å². The summed E-state index contributed by atoms with van der Waals surface area (Å²) >= 11 is 0. The second-order valence-corrected chi connectivity index (χ2v) is 4.66. The van der Waals surface area contributed by atoms with Crippen molar-refractivity contribution in [2.45, 2.75) is 25.9 Å². The van der Waals surface area contributed by atoms with E-state index in [0.717, 1.165) is 36.3 Å². The molecule has 4 heteroatoms. The van der Waals surface area contributed by atoms with Gasteiger partial charge in [-0.05, 0) is 38.4 Å². The maximum Gasteiger partial charge on any atom is 0.240 e. The van der Waals surface area contributed by atoms with Gasteiger partial charge < -0.3 is 10.1 Å². The number of benzene rings is 1. The number of ether oxygens (including phenoxy) is 1. The number of piperidine rings is 1. The summed E-state index contributed by atoms with van der Waals surface area (Å²) in [6.07, 6.45) is 2.52. The maximum atomic E-state index is 5.96. The van der Waals surface area contributed by atoms with Crippen molar-refractivity contribution in [1.29, 1.82) is 0 Å². The summed E-state index contributed by atoms with van der Waals surface area (Å²) < 4.78 is 5.96. The Kier molecular flexibility index (Phi) is 2.73. The number of aromatic amines is 1. The van der Waals surface area contributed by atoms with E-state index < -0.39 is 0 Å². The molecule has 0 amide bonds. The lowest BCUT2D eigenvalue weighted by atomic mass is 10.1. The molecule has 1 aliphatic rings. The van der Waals surface area contributed by atoms with Gasteiger partial charge in [-0.3, -0.25) is 5.10 Å². The highest BCUT2D eigenvalue weighted by atomic mass is 16.5. The van der Waals surface area contributed by atoms with Gasteiger partial charge in [-0.15, -0.1) is 5.10 Å². The van der Waals surface area contributed by atoms with Crippen molar-refractivity contribution in [2.75, 3.05) is 13.1 Å². The zero-order valence-corrected chi connectivity index (χ0v) is 9.99. The Morgan fingerprint density at radius 1 is 1.41 bits per heavy atom. The van der Waals surface area contributed by atoms with Gasteiger partial charge in [0, 0.05) is 6.54 Å². The second kappa shape index (κ2) is 4.37. The van der Waals surface area contributed by atoms with Gasteiger partial charge in [0.05, 0.1) is 10.9 Å². The molecule has 4 nitrogen and oxygen atoms in total. The van der Waals surface area contributed by atoms with E-state index in [1.165, 1.54) is 12.0 Å². The average molecular weight is 231 g/mol. The number of nitrogens with one attached hydrogen (secondary N) is 2. The lowest BCUT2D eigenvalue weighted by molar-refractivity contribution is 0.162. The smallest absolute Gasteiger partial charge is 0.240 e. The molecule has 3 rings (SSSR count). The fourth-order valence-electron chi connectivity index (χ4n) is 2.27. The molecule has 1 fully saturated rings. The van der Waals surface area contributed by atoms with E-state index in [-0.39, 0.29) is 6.10 Å². The maximum absolute atomic E-state index is 5.96. The highest BCUT2D eigenvalue weighted by molar-refractivity contribution is 5.84. The predicted molar refractivity (Wildman–Crippen MR) is 67.4 cm³/mol. The van der Waals surface area contributed by atoms with E-state index in [1.54, 1.807) is 0 Å². The van der Waals surface area contributed by atoms with Crippen LogP contribution < -0.4 is 10.1 Å². The van der Waals surface area contributed by atoms with Gasteiger partial charge in [0.25, 0.3) is 0 Å². The summed E-state index contributed by atoms with van der Waals surface area (Å²) in [5.41, 5.74) is 2.26. The number of fused-ring (bicyclic) bond motifs is 1. The van der Waals surface area contributed by atoms with Crippen molar-refractivity contribution in [2.24, 2.45) is 0 Å². The van der Waals surface area contributed by atoms with Crippen molar-refractivity contribution in [3.05, 3.63) is 23.8 Å². The number of rotatable bonds is 2. The first-order chi connectivity index (χ1) is 8.33. The molecule has 0 aliphatic carbocycles. The van der Waals surface area contributed by atoms with E-state index in [0.29, 0.717) is 0 Å². The van der Waals surface area contributed by atoms with E-state index in [4.69, 9.17) is 4.74 Å². The number of nitrogens with zero attached hydrogens (tertiary/aromatic N) is 1. The number of H-pyrrole nitrogens is 1. The third kappa shape index (κ3) is 2.13. The molecule has 1 aliphatic heterocycles. The highest BCUT2D eigenvalue weighted by Crippen LogP contribution is 2.25. The average Bonchev–Trinajstić information content (AvgIpc) is 2.73. The van der Waals surface area contributed by atoms with E-state index in [9.17, 15) is 0 Å². The van der Waals surface area contributed by atoms with Crippen LogP contribution >= 0.6 is 0 Å². The molecule has 0 bridgehead atoms. The summed E-state index contributed by atoms with van der Waals surface area (Å²) in [5.74, 6) is 0.734. The fraction of sp³-hybridized carbons (Fsp3) is 0.462. The molecule has 2 N–H and O–H groups in total. The lowest BCUT2D eigenvalue weighted by Crippen LogP contribution is -2.37. The Balaban J connectivity index is 1.86. The summed E-state index contributed by atoms with van der Waals surface area (Å²) in [4.78, 5) is 0. The van der Waals surface area contributed by atoms with Crippen molar-refractivity contribution in [3.63, 3.8) is 0 Å². The van der Waals surface area contributed by atoms with Crippen LogP contribution in [0.1, 0.15) is 18.4 Å². The lowest BCUT2D eigenvalue weighted by Gasteiger charge is -2.22. The Morgan fingerprint density at radius 3 is 3.18 bits per heavy atom. The molecule has 2 aromatic rings. The van der Waals surface area contributed by atoms with Crippen LogP contribution in [-0.4, -0.2) is 29.4 Å². The molecule has 0 radical (unpaired) electrons. The Morgan fingerprint density at radius 2 is 2.35 bits per heavy atom. The van der Waals surface area contributed by atoms with Crippen LogP contribution in [0.3, 0.4) is 0 Å². The quantitative estimate of drug-likeness (QED) is 0.831. The number of hydrogen-bond donors (Lipinski definition) is 2. The normalized spacial score (nSPS) is 20.6. The number of aromatic nitrogens is 2. The first-order valence-corrected chi connectivity index (χ1v) is 6.15. The van der Waals surface area contributed by atoms with Crippen LogP contribution in [0.25, 0.3) is 10.9 Å². The molecule has 1 aromatic heterocycles. The molecule has 1 unspecified atom stereocenters. The monoisotopic (exact) mass is 231 g/mol.